The molecule has 0 unspecified atom stereocenters. The molecule has 9 heteroatoms. The molecule has 3 aromatic rings. The Morgan fingerprint density at radius 2 is 1.69 bits per heavy atom. The van der Waals surface area contributed by atoms with Crippen LogP contribution in [0, 0.1) is 0 Å². The molecular formula is C26H21ClN2O5S. The van der Waals surface area contributed by atoms with E-state index in [0.29, 0.717) is 5.75 Å². The third-order valence-corrected chi connectivity index (χ3v) is 7.39. The van der Waals surface area contributed by atoms with Crippen LogP contribution in [0.2, 0.25) is 5.02 Å². The number of carbonyl (C=O) groups excluding carboxylic acids is 2. The molecular weight excluding hydrogens is 488 g/mol. The number of halogens is 1. The van der Waals surface area contributed by atoms with Crippen molar-refractivity contribution in [3.63, 3.8) is 0 Å². The number of carboxylic acids is 1. The third-order valence-electron chi connectivity index (χ3n) is 6.16. The number of hydrogen-bond donors (Lipinski definition) is 2. The van der Waals surface area contributed by atoms with E-state index in [1.807, 2.05) is 36.4 Å². The monoisotopic (exact) mass is 508 g/mol. The van der Waals surface area contributed by atoms with Crippen molar-refractivity contribution in [2.24, 2.45) is 0 Å². The van der Waals surface area contributed by atoms with Gasteiger partial charge >= 0.3 is 12.1 Å². The number of anilines is 1. The van der Waals surface area contributed by atoms with Crippen molar-refractivity contribution in [2.75, 3.05) is 23.6 Å². The first kappa shape index (κ1) is 23.3. The normalized spacial score (nSPS) is 16.5. The van der Waals surface area contributed by atoms with Crippen LogP contribution < -0.4 is 5.32 Å². The molecule has 2 aliphatic rings. The van der Waals surface area contributed by atoms with Crippen LogP contribution in [0.4, 0.5) is 10.5 Å². The number of aliphatic carboxylic acids is 1. The van der Waals surface area contributed by atoms with E-state index in [1.54, 1.807) is 0 Å². The molecule has 1 saturated heterocycles. The maximum atomic E-state index is 12.9. The minimum absolute atomic E-state index is 0.0785. The summed E-state index contributed by atoms with van der Waals surface area (Å²) in [6, 6.07) is 19.6. The number of amides is 2. The van der Waals surface area contributed by atoms with Crippen LogP contribution in [-0.2, 0) is 9.53 Å². The zero-order valence-corrected chi connectivity index (χ0v) is 20.0. The molecule has 7 nitrogen and oxygen atoms in total. The predicted molar refractivity (Wildman–Crippen MR) is 135 cm³/mol. The molecule has 1 atom stereocenters. The van der Waals surface area contributed by atoms with E-state index in [4.69, 9.17) is 16.3 Å². The molecule has 0 aromatic heterocycles. The summed E-state index contributed by atoms with van der Waals surface area (Å²) in [7, 11) is 0. The molecule has 0 saturated carbocycles. The lowest BCUT2D eigenvalue weighted by molar-refractivity contribution is -0.140. The molecule has 0 radical (unpaired) electrons. The Bertz CT molecular complexity index is 1290. The first-order valence-electron chi connectivity index (χ1n) is 11.0. The summed E-state index contributed by atoms with van der Waals surface area (Å²) in [5.41, 5.74) is 4.96. The number of carbonyl (C=O) groups is 3. The van der Waals surface area contributed by atoms with Gasteiger partial charge in [-0.15, -0.1) is 11.8 Å². The zero-order chi connectivity index (χ0) is 24.5. The van der Waals surface area contributed by atoms with Crippen molar-refractivity contribution in [1.82, 2.24) is 4.90 Å². The Labute approximate surface area is 211 Å². The van der Waals surface area contributed by atoms with Crippen molar-refractivity contribution < 1.29 is 24.2 Å². The number of fused-ring (bicyclic) bond motifs is 3. The number of ether oxygens (including phenoxy) is 1. The molecule has 3 aromatic carbocycles. The number of nitrogens with zero attached hydrogens (tertiary/aromatic N) is 1. The number of nitrogens with one attached hydrogen (secondary N) is 1. The van der Waals surface area contributed by atoms with E-state index in [2.05, 4.69) is 17.4 Å². The lowest BCUT2D eigenvalue weighted by atomic mass is 9.98. The van der Waals surface area contributed by atoms with Gasteiger partial charge in [0.05, 0.1) is 5.88 Å². The molecule has 0 spiro atoms. The number of hydrogen-bond acceptors (Lipinski definition) is 5. The van der Waals surface area contributed by atoms with Gasteiger partial charge < -0.3 is 14.7 Å². The van der Waals surface area contributed by atoms with Crippen molar-refractivity contribution in [2.45, 2.75) is 12.0 Å². The second kappa shape index (κ2) is 9.64. The highest BCUT2D eigenvalue weighted by molar-refractivity contribution is 7.99. The summed E-state index contributed by atoms with van der Waals surface area (Å²) in [5, 5.41) is 12.2. The van der Waals surface area contributed by atoms with Crippen LogP contribution in [0.3, 0.4) is 0 Å². The van der Waals surface area contributed by atoms with E-state index >= 15 is 0 Å². The SMILES string of the molecule is O=C(Nc1cc(Cl)cc(C(=O)N2CSC[C@H]2C(=O)O)c1)OCC1c2ccccc2-c2ccccc21. The van der Waals surface area contributed by atoms with Crippen molar-refractivity contribution >= 4 is 47.0 Å². The topological polar surface area (TPSA) is 95.9 Å². The molecule has 178 valence electrons. The standard InChI is InChI=1S/C26H21ClN2O5S/c27-16-9-15(24(30)29-14-35-13-23(29)25(31)32)10-17(11-16)28-26(33)34-12-22-20-7-3-1-5-18(20)19-6-2-4-8-21(19)22/h1-11,22-23H,12-14H2,(H,28,33)(H,31,32)/t23-/m0/s1. The number of rotatable bonds is 5. The Hall–Kier alpha value is -3.49. The number of carboxylic acid groups (broad SMARTS) is 1. The average Bonchev–Trinajstić information content (AvgIpc) is 3.45. The molecule has 1 aliphatic heterocycles. The molecule has 0 bridgehead atoms. The quantitative estimate of drug-likeness (QED) is 0.485. The summed E-state index contributed by atoms with van der Waals surface area (Å²) in [6.45, 7) is 0.150. The van der Waals surface area contributed by atoms with Crippen LogP contribution in [0.25, 0.3) is 11.1 Å². The average molecular weight is 509 g/mol. The third kappa shape index (κ3) is 4.59. The minimum atomic E-state index is -1.05. The van der Waals surface area contributed by atoms with Gasteiger partial charge in [0.2, 0.25) is 0 Å². The maximum absolute atomic E-state index is 12.9. The van der Waals surface area contributed by atoms with Crippen molar-refractivity contribution in [3.05, 3.63) is 88.4 Å². The maximum Gasteiger partial charge on any atom is 0.411 e. The second-order valence-corrected chi connectivity index (χ2v) is 9.74. The highest BCUT2D eigenvalue weighted by Gasteiger charge is 2.35. The van der Waals surface area contributed by atoms with Crippen molar-refractivity contribution in [1.29, 1.82) is 0 Å². The van der Waals surface area contributed by atoms with Crippen LogP contribution >= 0.6 is 23.4 Å². The lowest BCUT2D eigenvalue weighted by Crippen LogP contribution is -2.41. The Kier molecular flexibility index (Phi) is 6.40. The zero-order valence-electron chi connectivity index (χ0n) is 18.4. The van der Waals surface area contributed by atoms with E-state index in [1.165, 1.54) is 34.9 Å². The second-order valence-electron chi connectivity index (χ2n) is 8.31. The van der Waals surface area contributed by atoms with E-state index in [9.17, 15) is 19.5 Å². The molecule has 2 N–H and O–H groups in total. The van der Waals surface area contributed by atoms with Crippen LogP contribution in [-0.4, -0.2) is 52.3 Å². The van der Waals surface area contributed by atoms with Gasteiger partial charge in [-0.25, -0.2) is 9.59 Å². The summed E-state index contributed by atoms with van der Waals surface area (Å²) in [6.07, 6.45) is -0.673. The molecule has 1 fully saturated rings. The fourth-order valence-corrected chi connectivity index (χ4v) is 5.93. The van der Waals surface area contributed by atoms with E-state index in [-0.39, 0.29) is 34.7 Å². The fourth-order valence-electron chi connectivity index (χ4n) is 4.55. The lowest BCUT2D eigenvalue weighted by Gasteiger charge is -2.21. The molecule has 5 rings (SSSR count). The Morgan fingerprint density at radius 3 is 2.34 bits per heavy atom. The van der Waals surface area contributed by atoms with E-state index < -0.39 is 24.0 Å². The van der Waals surface area contributed by atoms with Crippen LogP contribution in [0.1, 0.15) is 27.4 Å². The molecule has 1 aliphatic carbocycles. The summed E-state index contributed by atoms with van der Waals surface area (Å²) in [5.74, 6) is -0.989. The molecule has 1 heterocycles. The van der Waals surface area contributed by atoms with Gasteiger partial charge in [-0.1, -0.05) is 60.1 Å². The first-order valence-corrected chi connectivity index (χ1v) is 12.5. The van der Waals surface area contributed by atoms with Crippen LogP contribution in [0.15, 0.2) is 66.7 Å². The Balaban J connectivity index is 1.28. The van der Waals surface area contributed by atoms with Gasteiger partial charge in [0, 0.05) is 27.9 Å². The summed E-state index contributed by atoms with van der Waals surface area (Å²) < 4.78 is 5.56. The minimum Gasteiger partial charge on any atom is -0.480 e. The number of thioether (sulfide) groups is 1. The summed E-state index contributed by atoms with van der Waals surface area (Å²) in [4.78, 5) is 38.3. The van der Waals surface area contributed by atoms with E-state index in [0.717, 1.165) is 22.3 Å². The van der Waals surface area contributed by atoms with Gasteiger partial charge in [0.15, 0.2) is 0 Å². The summed E-state index contributed by atoms with van der Waals surface area (Å²) >= 11 is 7.56. The van der Waals surface area contributed by atoms with Gasteiger partial charge in [-0.05, 0) is 40.5 Å². The van der Waals surface area contributed by atoms with Gasteiger partial charge in [-0.2, -0.15) is 0 Å². The predicted octanol–water partition coefficient (Wildman–Crippen LogP) is 5.30. The van der Waals surface area contributed by atoms with Gasteiger partial charge in [-0.3, -0.25) is 10.1 Å². The smallest absolute Gasteiger partial charge is 0.411 e. The van der Waals surface area contributed by atoms with Crippen molar-refractivity contribution in [3.8, 4) is 11.1 Å². The number of benzene rings is 3. The Morgan fingerprint density at radius 1 is 1.03 bits per heavy atom. The highest BCUT2D eigenvalue weighted by atomic mass is 35.5. The molecule has 35 heavy (non-hydrogen) atoms. The first-order chi connectivity index (χ1) is 16.9. The van der Waals surface area contributed by atoms with Gasteiger partial charge in [0.1, 0.15) is 12.6 Å². The largest absolute Gasteiger partial charge is 0.480 e. The highest BCUT2D eigenvalue weighted by Crippen LogP contribution is 2.44. The fraction of sp³-hybridized carbons (Fsp3) is 0.192. The van der Waals surface area contributed by atoms with Gasteiger partial charge in [0.25, 0.3) is 5.91 Å². The molecule has 2 amide bonds. The van der Waals surface area contributed by atoms with Crippen LogP contribution in [0.5, 0.6) is 0 Å².